The minimum atomic E-state index is 0.126. The summed E-state index contributed by atoms with van der Waals surface area (Å²) >= 11 is 0. The molecular weight excluding hydrogens is 256 g/mol. The molecule has 20 heavy (non-hydrogen) atoms. The van der Waals surface area contributed by atoms with Gasteiger partial charge in [-0.1, -0.05) is 19.3 Å². The van der Waals surface area contributed by atoms with Crippen LogP contribution in [0.3, 0.4) is 0 Å². The molecule has 2 aromatic heterocycles. The molecule has 0 aliphatic heterocycles. The van der Waals surface area contributed by atoms with E-state index < -0.39 is 0 Å². The standard InChI is InChI=1S/C14H18N4O2/c19-14(10-5-2-1-3-6-10)15-9-12-16-13(18-17-12)11-7-4-8-20-11/h4,7-8,10H,1-3,5-6,9H2,(H,15,19)(H,16,17,18). The number of amides is 1. The van der Waals surface area contributed by atoms with Crippen molar-refractivity contribution in [1.29, 1.82) is 0 Å². The molecule has 0 unspecified atom stereocenters. The van der Waals surface area contributed by atoms with E-state index >= 15 is 0 Å². The molecule has 0 saturated heterocycles. The molecule has 3 rings (SSSR count). The van der Waals surface area contributed by atoms with Crippen LogP contribution in [0, 0.1) is 5.92 Å². The summed E-state index contributed by atoms with van der Waals surface area (Å²) in [6.45, 7) is 0.378. The third-order valence-electron chi connectivity index (χ3n) is 3.68. The monoisotopic (exact) mass is 274 g/mol. The van der Waals surface area contributed by atoms with Crippen molar-refractivity contribution in [1.82, 2.24) is 20.5 Å². The Morgan fingerprint density at radius 2 is 2.25 bits per heavy atom. The van der Waals surface area contributed by atoms with Crippen LogP contribution in [-0.4, -0.2) is 21.1 Å². The fourth-order valence-electron chi connectivity index (χ4n) is 2.57. The van der Waals surface area contributed by atoms with Crippen LogP contribution in [0.25, 0.3) is 11.6 Å². The number of furan rings is 1. The van der Waals surface area contributed by atoms with Crippen LogP contribution in [-0.2, 0) is 11.3 Å². The van der Waals surface area contributed by atoms with Gasteiger partial charge in [-0.15, -0.1) is 5.10 Å². The van der Waals surface area contributed by atoms with Gasteiger partial charge in [0.05, 0.1) is 12.8 Å². The fraction of sp³-hybridized carbons (Fsp3) is 0.500. The second-order valence-electron chi connectivity index (χ2n) is 5.14. The van der Waals surface area contributed by atoms with Gasteiger partial charge in [0, 0.05) is 5.92 Å². The summed E-state index contributed by atoms with van der Waals surface area (Å²) in [7, 11) is 0. The molecule has 2 N–H and O–H groups in total. The van der Waals surface area contributed by atoms with E-state index in [-0.39, 0.29) is 11.8 Å². The van der Waals surface area contributed by atoms with Crippen molar-refractivity contribution in [2.75, 3.05) is 0 Å². The van der Waals surface area contributed by atoms with Crippen LogP contribution in [0.5, 0.6) is 0 Å². The van der Waals surface area contributed by atoms with E-state index in [0.717, 1.165) is 25.7 Å². The number of carbonyl (C=O) groups excluding carboxylic acids is 1. The van der Waals surface area contributed by atoms with Gasteiger partial charge in [-0.25, -0.2) is 4.98 Å². The van der Waals surface area contributed by atoms with Crippen molar-refractivity contribution in [3.8, 4) is 11.6 Å². The van der Waals surface area contributed by atoms with E-state index in [2.05, 4.69) is 20.5 Å². The molecule has 1 amide bonds. The first-order chi connectivity index (χ1) is 9.83. The number of nitrogens with one attached hydrogen (secondary N) is 2. The zero-order valence-corrected chi connectivity index (χ0v) is 11.3. The van der Waals surface area contributed by atoms with Crippen LogP contribution in [0.15, 0.2) is 22.8 Å². The lowest BCUT2D eigenvalue weighted by molar-refractivity contribution is -0.126. The van der Waals surface area contributed by atoms with Gasteiger partial charge >= 0.3 is 0 Å². The summed E-state index contributed by atoms with van der Waals surface area (Å²) in [5, 5.41) is 9.81. The first kappa shape index (κ1) is 12.9. The highest BCUT2D eigenvalue weighted by Crippen LogP contribution is 2.23. The van der Waals surface area contributed by atoms with Crippen LogP contribution >= 0.6 is 0 Å². The Balaban J connectivity index is 1.54. The lowest BCUT2D eigenvalue weighted by Crippen LogP contribution is -2.31. The number of hydrogen-bond acceptors (Lipinski definition) is 4. The molecule has 1 saturated carbocycles. The second kappa shape index (κ2) is 5.90. The Bertz CT molecular complexity index is 556. The lowest BCUT2D eigenvalue weighted by atomic mass is 9.89. The van der Waals surface area contributed by atoms with E-state index in [0.29, 0.717) is 24.0 Å². The van der Waals surface area contributed by atoms with Gasteiger partial charge < -0.3 is 9.73 Å². The van der Waals surface area contributed by atoms with E-state index in [4.69, 9.17) is 4.42 Å². The minimum Gasteiger partial charge on any atom is -0.461 e. The predicted octanol–water partition coefficient (Wildman–Crippen LogP) is 2.26. The molecule has 1 aliphatic carbocycles. The average molecular weight is 274 g/mol. The molecule has 1 aliphatic rings. The first-order valence-corrected chi connectivity index (χ1v) is 7.06. The highest BCUT2D eigenvalue weighted by molar-refractivity contribution is 5.78. The fourth-order valence-corrected chi connectivity index (χ4v) is 2.57. The maximum atomic E-state index is 12.0. The molecule has 6 nitrogen and oxygen atoms in total. The predicted molar refractivity (Wildman–Crippen MR) is 72.5 cm³/mol. The normalized spacial score (nSPS) is 16.2. The molecule has 2 heterocycles. The van der Waals surface area contributed by atoms with Gasteiger partial charge in [0.15, 0.2) is 5.76 Å². The van der Waals surface area contributed by atoms with Crippen molar-refractivity contribution in [2.24, 2.45) is 5.92 Å². The molecule has 0 spiro atoms. The van der Waals surface area contributed by atoms with Crippen molar-refractivity contribution >= 4 is 5.91 Å². The number of H-pyrrole nitrogens is 1. The van der Waals surface area contributed by atoms with Crippen molar-refractivity contribution in [3.05, 3.63) is 24.2 Å². The van der Waals surface area contributed by atoms with Gasteiger partial charge in [0.2, 0.25) is 11.7 Å². The number of aromatic nitrogens is 3. The van der Waals surface area contributed by atoms with Crippen molar-refractivity contribution in [3.63, 3.8) is 0 Å². The Kier molecular flexibility index (Phi) is 3.80. The number of nitrogens with zero attached hydrogens (tertiary/aromatic N) is 2. The molecule has 0 aromatic carbocycles. The zero-order valence-electron chi connectivity index (χ0n) is 11.3. The SMILES string of the molecule is O=C(NCc1nc(-c2ccco2)n[nH]1)C1CCCCC1. The van der Waals surface area contributed by atoms with Crippen LogP contribution in [0.4, 0.5) is 0 Å². The number of rotatable bonds is 4. The van der Waals surface area contributed by atoms with E-state index in [1.54, 1.807) is 18.4 Å². The molecule has 6 heteroatoms. The van der Waals surface area contributed by atoms with Crippen LogP contribution in [0.1, 0.15) is 37.9 Å². The van der Waals surface area contributed by atoms with E-state index in [1.165, 1.54) is 6.42 Å². The number of hydrogen-bond donors (Lipinski definition) is 2. The Morgan fingerprint density at radius 3 is 3.00 bits per heavy atom. The van der Waals surface area contributed by atoms with Gasteiger partial charge in [-0.3, -0.25) is 9.89 Å². The Labute approximate surface area is 117 Å². The highest BCUT2D eigenvalue weighted by Gasteiger charge is 2.21. The van der Waals surface area contributed by atoms with Gasteiger partial charge in [-0.05, 0) is 25.0 Å². The Hall–Kier alpha value is -2.11. The first-order valence-electron chi connectivity index (χ1n) is 7.06. The summed E-state index contributed by atoms with van der Waals surface area (Å²) in [6.07, 6.45) is 7.14. The zero-order chi connectivity index (χ0) is 13.8. The maximum Gasteiger partial charge on any atom is 0.223 e. The minimum absolute atomic E-state index is 0.126. The topological polar surface area (TPSA) is 83.8 Å². The molecule has 0 bridgehead atoms. The summed E-state index contributed by atoms with van der Waals surface area (Å²) in [5.74, 6) is 2.06. The summed E-state index contributed by atoms with van der Waals surface area (Å²) in [6, 6.07) is 3.59. The lowest BCUT2D eigenvalue weighted by Gasteiger charge is -2.20. The molecular formula is C14H18N4O2. The van der Waals surface area contributed by atoms with Crippen LogP contribution in [0.2, 0.25) is 0 Å². The van der Waals surface area contributed by atoms with Crippen molar-refractivity contribution in [2.45, 2.75) is 38.6 Å². The van der Waals surface area contributed by atoms with Gasteiger partial charge in [0.1, 0.15) is 5.82 Å². The highest BCUT2D eigenvalue weighted by atomic mass is 16.3. The van der Waals surface area contributed by atoms with Crippen LogP contribution < -0.4 is 5.32 Å². The van der Waals surface area contributed by atoms with Gasteiger partial charge in [-0.2, -0.15) is 0 Å². The van der Waals surface area contributed by atoms with Crippen molar-refractivity contribution < 1.29 is 9.21 Å². The third kappa shape index (κ3) is 2.89. The summed E-state index contributed by atoms with van der Waals surface area (Å²) in [5.41, 5.74) is 0. The Morgan fingerprint density at radius 1 is 1.40 bits per heavy atom. The third-order valence-corrected chi connectivity index (χ3v) is 3.68. The van der Waals surface area contributed by atoms with E-state index in [1.807, 2.05) is 0 Å². The van der Waals surface area contributed by atoms with E-state index in [9.17, 15) is 4.79 Å². The molecule has 2 aromatic rings. The molecule has 0 atom stereocenters. The second-order valence-corrected chi connectivity index (χ2v) is 5.14. The molecule has 0 radical (unpaired) electrons. The quantitative estimate of drug-likeness (QED) is 0.895. The number of aromatic amines is 1. The van der Waals surface area contributed by atoms with Gasteiger partial charge in [0.25, 0.3) is 0 Å². The smallest absolute Gasteiger partial charge is 0.223 e. The molecule has 106 valence electrons. The summed E-state index contributed by atoms with van der Waals surface area (Å²) < 4.78 is 5.22. The number of carbonyl (C=O) groups is 1. The average Bonchev–Trinajstić information content (AvgIpc) is 3.16. The molecule has 1 fully saturated rings. The maximum absolute atomic E-state index is 12.0. The summed E-state index contributed by atoms with van der Waals surface area (Å²) in [4.78, 5) is 16.3. The largest absolute Gasteiger partial charge is 0.461 e.